The maximum absolute atomic E-state index is 11.7. The highest BCUT2D eigenvalue weighted by Gasteiger charge is 2.45. The van der Waals surface area contributed by atoms with Gasteiger partial charge < -0.3 is 10.0 Å². The van der Waals surface area contributed by atoms with Crippen molar-refractivity contribution in [2.45, 2.75) is 38.5 Å². The van der Waals surface area contributed by atoms with Crippen LogP contribution in [-0.2, 0) is 4.79 Å². The van der Waals surface area contributed by atoms with Crippen LogP contribution in [0.5, 0.6) is 0 Å². The van der Waals surface area contributed by atoms with Crippen molar-refractivity contribution in [3.8, 4) is 0 Å². The molecule has 1 heterocycles. The van der Waals surface area contributed by atoms with Crippen molar-refractivity contribution >= 4 is 17.7 Å². The smallest absolute Gasteiger partial charge is 0.310 e. The number of hydrogen-bond acceptors (Lipinski definition) is 3. The van der Waals surface area contributed by atoms with Crippen LogP contribution in [0.15, 0.2) is 0 Å². The molecule has 1 atom stereocenters. The predicted octanol–water partition coefficient (Wildman–Crippen LogP) is 2.71. The third kappa shape index (κ3) is 3.64. The molecule has 0 amide bonds. The van der Waals surface area contributed by atoms with E-state index < -0.39 is 11.4 Å². The summed E-state index contributed by atoms with van der Waals surface area (Å²) in [7, 11) is 0. The molecule has 1 N–H and O–H groups in total. The van der Waals surface area contributed by atoms with E-state index in [-0.39, 0.29) is 0 Å². The molecule has 4 heteroatoms. The second-order valence-electron chi connectivity index (χ2n) is 5.96. The minimum atomic E-state index is -0.552. The van der Waals surface area contributed by atoms with Gasteiger partial charge in [-0.15, -0.1) is 0 Å². The number of carboxylic acid groups (broad SMARTS) is 1. The molecule has 0 aromatic rings. The molecule has 18 heavy (non-hydrogen) atoms. The van der Waals surface area contributed by atoms with Crippen molar-refractivity contribution in [3.05, 3.63) is 0 Å². The van der Waals surface area contributed by atoms with E-state index in [0.717, 1.165) is 38.9 Å². The largest absolute Gasteiger partial charge is 0.481 e. The molecule has 1 unspecified atom stereocenters. The van der Waals surface area contributed by atoms with Gasteiger partial charge in [-0.05, 0) is 56.7 Å². The number of thioether (sulfide) groups is 1. The van der Waals surface area contributed by atoms with E-state index in [1.165, 1.54) is 25.0 Å². The standard InChI is InChI=1S/C14H25NO2S/c1-18-9-3-8-15-7-2-6-14(11-15,13(16)17)10-12-4-5-12/h12H,2-11H2,1H3,(H,16,17). The van der Waals surface area contributed by atoms with Crippen LogP contribution in [0, 0.1) is 11.3 Å². The molecule has 2 rings (SSSR count). The highest BCUT2D eigenvalue weighted by atomic mass is 32.2. The van der Waals surface area contributed by atoms with Gasteiger partial charge in [0.05, 0.1) is 5.41 Å². The molecular formula is C14H25NO2S. The zero-order chi connectivity index (χ0) is 13.0. The zero-order valence-electron chi connectivity index (χ0n) is 11.4. The fraction of sp³-hybridized carbons (Fsp3) is 0.929. The first-order valence-corrected chi connectivity index (χ1v) is 8.50. The Morgan fingerprint density at radius 1 is 1.50 bits per heavy atom. The molecule has 2 fully saturated rings. The summed E-state index contributed by atoms with van der Waals surface area (Å²) in [6.45, 7) is 2.95. The molecule has 2 aliphatic rings. The lowest BCUT2D eigenvalue weighted by atomic mass is 9.75. The normalized spacial score (nSPS) is 29.4. The summed E-state index contributed by atoms with van der Waals surface area (Å²) in [5.74, 6) is 1.33. The van der Waals surface area contributed by atoms with E-state index in [4.69, 9.17) is 0 Å². The second-order valence-corrected chi connectivity index (χ2v) is 6.94. The Hall–Kier alpha value is -0.220. The first-order chi connectivity index (χ1) is 8.66. The van der Waals surface area contributed by atoms with Crippen LogP contribution in [-0.4, -0.2) is 47.6 Å². The first-order valence-electron chi connectivity index (χ1n) is 7.11. The minimum absolute atomic E-state index is 0.432. The van der Waals surface area contributed by atoms with E-state index in [1.807, 2.05) is 11.8 Å². The van der Waals surface area contributed by atoms with E-state index in [1.54, 1.807) is 0 Å². The molecule has 1 saturated heterocycles. The van der Waals surface area contributed by atoms with Crippen molar-refractivity contribution in [1.29, 1.82) is 0 Å². The van der Waals surface area contributed by atoms with Gasteiger partial charge >= 0.3 is 5.97 Å². The number of carbonyl (C=O) groups is 1. The van der Waals surface area contributed by atoms with Crippen molar-refractivity contribution in [2.24, 2.45) is 11.3 Å². The molecular weight excluding hydrogens is 246 g/mol. The molecule has 0 spiro atoms. The van der Waals surface area contributed by atoms with Gasteiger partial charge in [-0.1, -0.05) is 12.8 Å². The van der Waals surface area contributed by atoms with Gasteiger partial charge in [0.1, 0.15) is 0 Å². The average molecular weight is 271 g/mol. The van der Waals surface area contributed by atoms with Crippen molar-refractivity contribution in [2.75, 3.05) is 31.6 Å². The molecule has 1 saturated carbocycles. The van der Waals surface area contributed by atoms with Crippen LogP contribution >= 0.6 is 11.8 Å². The first kappa shape index (κ1) is 14.2. The number of nitrogens with zero attached hydrogens (tertiary/aromatic N) is 1. The van der Waals surface area contributed by atoms with Crippen LogP contribution in [0.4, 0.5) is 0 Å². The maximum Gasteiger partial charge on any atom is 0.310 e. The number of likely N-dealkylation sites (tertiary alicyclic amines) is 1. The molecule has 1 aliphatic carbocycles. The second kappa shape index (κ2) is 6.29. The van der Waals surface area contributed by atoms with Crippen LogP contribution in [0.25, 0.3) is 0 Å². The van der Waals surface area contributed by atoms with Gasteiger partial charge in [-0.25, -0.2) is 0 Å². The Balaban J connectivity index is 1.90. The van der Waals surface area contributed by atoms with Crippen LogP contribution < -0.4 is 0 Å². The number of aliphatic carboxylic acids is 1. The maximum atomic E-state index is 11.7. The lowest BCUT2D eigenvalue weighted by Gasteiger charge is -2.40. The average Bonchev–Trinajstić information content (AvgIpc) is 3.13. The van der Waals surface area contributed by atoms with E-state index >= 15 is 0 Å². The van der Waals surface area contributed by atoms with Crippen LogP contribution in [0.1, 0.15) is 38.5 Å². The van der Waals surface area contributed by atoms with Crippen molar-refractivity contribution in [3.63, 3.8) is 0 Å². The molecule has 0 radical (unpaired) electrons. The predicted molar refractivity (Wildman–Crippen MR) is 76.1 cm³/mol. The Morgan fingerprint density at radius 3 is 2.89 bits per heavy atom. The molecule has 3 nitrogen and oxygen atoms in total. The van der Waals surface area contributed by atoms with Gasteiger partial charge in [0.15, 0.2) is 0 Å². The Kier molecular flexibility index (Phi) is 4.96. The van der Waals surface area contributed by atoms with Crippen molar-refractivity contribution < 1.29 is 9.90 Å². The fourth-order valence-electron chi connectivity index (χ4n) is 3.15. The summed E-state index contributed by atoms with van der Waals surface area (Å²) in [5, 5.41) is 9.62. The number of piperidine rings is 1. The van der Waals surface area contributed by atoms with Crippen LogP contribution in [0.3, 0.4) is 0 Å². The SMILES string of the molecule is CSCCCN1CCCC(CC2CC2)(C(=O)O)C1. The monoisotopic (exact) mass is 271 g/mol. The summed E-state index contributed by atoms with van der Waals surface area (Å²) in [6.07, 6.45) is 8.67. The summed E-state index contributed by atoms with van der Waals surface area (Å²) >= 11 is 1.87. The van der Waals surface area contributed by atoms with Gasteiger partial charge in [-0.3, -0.25) is 4.79 Å². The highest BCUT2D eigenvalue weighted by molar-refractivity contribution is 7.98. The summed E-state index contributed by atoms with van der Waals surface area (Å²) in [6, 6.07) is 0. The minimum Gasteiger partial charge on any atom is -0.481 e. The van der Waals surface area contributed by atoms with E-state index in [2.05, 4.69) is 11.2 Å². The fourth-order valence-corrected chi connectivity index (χ4v) is 3.57. The zero-order valence-corrected chi connectivity index (χ0v) is 12.2. The van der Waals surface area contributed by atoms with Gasteiger partial charge in [0.25, 0.3) is 0 Å². The summed E-state index contributed by atoms with van der Waals surface area (Å²) in [4.78, 5) is 14.1. The molecule has 1 aliphatic heterocycles. The summed E-state index contributed by atoms with van der Waals surface area (Å²) in [5.41, 5.74) is -0.432. The molecule has 104 valence electrons. The molecule has 0 aromatic carbocycles. The number of hydrogen-bond donors (Lipinski definition) is 1. The molecule has 0 aromatic heterocycles. The van der Waals surface area contributed by atoms with Crippen LogP contribution in [0.2, 0.25) is 0 Å². The Morgan fingerprint density at radius 2 is 2.28 bits per heavy atom. The topological polar surface area (TPSA) is 40.5 Å². The Labute approximate surface area is 114 Å². The third-order valence-electron chi connectivity index (χ3n) is 4.31. The molecule has 0 bridgehead atoms. The van der Waals surface area contributed by atoms with Gasteiger partial charge in [0, 0.05) is 6.54 Å². The quantitative estimate of drug-likeness (QED) is 0.723. The van der Waals surface area contributed by atoms with Crippen molar-refractivity contribution in [1.82, 2.24) is 4.90 Å². The highest BCUT2D eigenvalue weighted by Crippen LogP contribution is 2.44. The lowest BCUT2D eigenvalue weighted by Crippen LogP contribution is -2.48. The number of rotatable bonds is 7. The van der Waals surface area contributed by atoms with E-state index in [0.29, 0.717) is 5.92 Å². The summed E-state index contributed by atoms with van der Waals surface area (Å²) < 4.78 is 0. The third-order valence-corrected chi connectivity index (χ3v) is 5.01. The lowest BCUT2D eigenvalue weighted by molar-refractivity contribution is -0.153. The number of carboxylic acids is 1. The van der Waals surface area contributed by atoms with Gasteiger partial charge in [-0.2, -0.15) is 11.8 Å². The van der Waals surface area contributed by atoms with E-state index in [9.17, 15) is 9.90 Å². The van der Waals surface area contributed by atoms with Gasteiger partial charge in [0.2, 0.25) is 0 Å². The Bertz CT molecular complexity index is 294.